The molecule has 21 heavy (non-hydrogen) atoms. The maximum Gasteiger partial charge on any atom is 0.131 e. The standard InChI is InChI=1S/C18H29N3/c1-18(2,3)20-16-11-6-12-17(19-16)21-13-7-9-14-8-4-5-10-15(14)21/h6,11-12,14-15H,4-5,7-10,13H2,1-3H3,(H,19,20). The van der Waals surface area contributed by atoms with Crippen LogP contribution in [0.15, 0.2) is 18.2 Å². The average molecular weight is 287 g/mol. The zero-order valence-electron chi connectivity index (χ0n) is 13.7. The van der Waals surface area contributed by atoms with Gasteiger partial charge in [0.05, 0.1) is 0 Å². The first-order valence-corrected chi connectivity index (χ1v) is 8.55. The number of piperidine rings is 1. The van der Waals surface area contributed by atoms with Crippen molar-refractivity contribution >= 4 is 11.6 Å². The molecule has 2 unspecified atom stereocenters. The third-order valence-electron chi connectivity index (χ3n) is 4.77. The van der Waals surface area contributed by atoms with Crippen LogP contribution in [0, 0.1) is 5.92 Å². The first kappa shape index (κ1) is 14.7. The van der Waals surface area contributed by atoms with E-state index in [0.29, 0.717) is 0 Å². The third kappa shape index (κ3) is 3.50. The molecular formula is C18H29N3. The van der Waals surface area contributed by atoms with Gasteiger partial charge in [0, 0.05) is 18.1 Å². The van der Waals surface area contributed by atoms with Crippen molar-refractivity contribution < 1.29 is 0 Å². The average Bonchev–Trinajstić information content (AvgIpc) is 2.45. The van der Waals surface area contributed by atoms with Gasteiger partial charge in [-0.1, -0.05) is 18.9 Å². The fourth-order valence-electron chi connectivity index (χ4n) is 3.95. The summed E-state index contributed by atoms with van der Waals surface area (Å²) in [6, 6.07) is 7.13. The first-order valence-electron chi connectivity index (χ1n) is 8.55. The fourth-order valence-corrected chi connectivity index (χ4v) is 3.95. The van der Waals surface area contributed by atoms with Crippen LogP contribution in [0.4, 0.5) is 11.6 Å². The van der Waals surface area contributed by atoms with Gasteiger partial charge < -0.3 is 10.2 Å². The Hall–Kier alpha value is -1.25. The van der Waals surface area contributed by atoms with Gasteiger partial charge in [-0.15, -0.1) is 0 Å². The first-order chi connectivity index (χ1) is 10.0. The number of hydrogen-bond donors (Lipinski definition) is 1. The number of fused-ring (bicyclic) bond motifs is 1. The largest absolute Gasteiger partial charge is 0.365 e. The second-order valence-electron chi connectivity index (χ2n) is 7.70. The Bertz CT molecular complexity index is 476. The normalized spacial score (nSPS) is 26.3. The van der Waals surface area contributed by atoms with E-state index in [0.717, 1.165) is 17.8 Å². The maximum absolute atomic E-state index is 4.89. The minimum Gasteiger partial charge on any atom is -0.365 e. The smallest absolute Gasteiger partial charge is 0.131 e. The van der Waals surface area contributed by atoms with Gasteiger partial charge in [-0.25, -0.2) is 4.98 Å². The Morgan fingerprint density at radius 1 is 1.10 bits per heavy atom. The molecule has 1 aromatic heterocycles. The van der Waals surface area contributed by atoms with E-state index in [1.807, 2.05) is 0 Å². The summed E-state index contributed by atoms with van der Waals surface area (Å²) >= 11 is 0. The fraction of sp³-hybridized carbons (Fsp3) is 0.722. The number of nitrogens with zero attached hydrogens (tertiary/aromatic N) is 2. The molecule has 0 radical (unpaired) electrons. The van der Waals surface area contributed by atoms with Gasteiger partial charge in [-0.2, -0.15) is 0 Å². The second-order valence-corrected chi connectivity index (χ2v) is 7.70. The van der Waals surface area contributed by atoms with Crippen LogP contribution in [0.5, 0.6) is 0 Å². The molecular weight excluding hydrogens is 258 g/mol. The second kappa shape index (κ2) is 5.86. The summed E-state index contributed by atoms with van der Waals surface area (Å²) in [7, 11) is 0. The van der Waals surface area contributed by atoms with Crippen molar-refractivity contribution in [3.8, 4) is 0 Å². The van der Waals surface area contributed by atoms with Crippen LogP contribution >= 0.6 is 0 Å². The summed E-state index contributed by atoms with van der Waals surface area (Å²) in [6.45, 7) is 7.71. The minimum atomic E-state index is 0.0564. The molecule has 1 saturated heterocycles. The van der Waals surface area contributed by atoms with Crippen LogP contribution in [0.1, 0.15) is 59.3 Å². The molecule has 1 aliphatic heterocycles. The Morgan fingerprint density at radius 2 is 1.86 bits per heavy atom. The number of nitrogens with one attached hydrogen (secondary N) is 1. The molecule has 2 fully saturated rings. The van der Waals surface area contributed by atoms with Crippen molar-refractivity contribution in [2.75, 3.05) is 16.8 Å². The van der Waals surface area contributed by atoms with Crippen LogP contribution < -0.4 is 10.2 Å². The molecule has 1 saturated carbocycles. The lowest BCUT2D eigenvalue weighted by atomic mass is 9.78. The highest BCUT2D eigenvalue weighted by Crippen LogP contribution is 2.37. The molecule has 0 amide bonds. The van der Waals surface area contributed by atoms with E-state index >= 15 is 0 Å². The Kier molecular flexibility index (Phi) is 4.10. The number of hydrogen-bond acceptors (Lipinski definition) is 3. The van der Waals surface area contributed by atoms with Gasteiger partial charge in [0.15, 0.2) is 0 Å². The van der Waals surface area contributed by atoms with Gasteiger partial charge in [-0.3, -0.25) is 0 Å². The van der Waals surface area contributed by atoms with E-state index < -0.39 is 0 Å². The Labute approximate surface area is 129 Å². The summed E-state index contributed by atoms with van der Waals surface area (Å²) in [4.78, 5) is 7.47. The summed E-state index contributed by atoms with van der Waals surface area (Å²) < 4.78 is 0. The molecule has 3 heteroatoms. The molecule has 0 bridgehead atoms. The predicted octanol–water partition coefficient (Wildman–Crippen LogP) is 4.45. The predicted molar refractivity (Wildman–Crippen MR) is 89.9 cm³/mol. The van der Waals surface area contributed by atoms with Gasteiger partial charge in [0.2, 0.25) is 0 Å². The van der Waals surface area contributed by atoms with Gasteiger partial charge in [0.25, 0.3) is 0 Å². The van der Waals surface area contributed by atoms with Crippen molar-refractivity contribution in [2.45, 2.75) is 70.9 Å². The Morgan fingerprint density at radius 3 is 2.67 bits per heavy atom. The SMILES string of the molecule is CC(C)(C)Nc1cccc(N2CCCC3CCCCC32)n1. The molecule has 3 nitrogen and oxygen atoms in total. The van der Waals surface area contributed by atoms with Crippen molar-refractivity contribution in [1.82, 2.24) is 4.98 Å². The number of rotatable bonds is 2. The maximum atomic E-state index is 4.89. The quantitative estimate of drug-likeness (QED) is 0.871. The van der Waals surface area contributed by atoms with Crippen LogP contribution in [-0.4, -0.2) is 23.1 Å². The number of pyridine rings is 1. The molecule has 1 aromatic rings. The number of aromatic nitrogens is 1. The van der Waals surface area contributed by atoms with Crippen LogP contribution in [0.2, 0.25) is 0 Å². The molecule has 2 atom stereocenters. The monoisotopic (exact) mass is 287 g/mol. The molecule has 3 rings (SSSR count). The van der Waals surface area contributed by atoms with Gasteiger partial charge in [0.1, 0.15) is 11.6 Å². The van der Waals surface area contributed by atoms with Crippen molar-refractivity contribution in [3.63, 3.8) is 0 Å². The highest BCUT2D eigenvalue weighted by molar-refractivity contribution is 5.49. The zero-order chi connectivity index (χ0) is 14.9. The minimum absolute atomic E-state index is 0.0564. The van der Waals surface area contributed by atoms with E-state index in [4.69, 9.17) is 4.98 Å². The summed E-state index contributed by atoms with van der Waals surface area (Å²) in [5.41, 5.74) is 0.0564. The summed E-state index contributed by atoms with van der Waals surface area (Å²) in [6.07, 6.45) is 8.32. The van der Waals surface area contributed by atoms with Gasteiger partial charge >= 0.3 is 0 Å². The molecule has 2 aliphatic rings. The molecule has 116 valence electrons. The van der Waals surface area contributed by atoms with Crippen LogP contribution in [-0.2, 0) is 0 Å². The molecule has 2 heterocycles. The van der Waals surface area contributed by atoms with E-state index in [-0.39, 0.29) is 5.54 Å². The van der Waals surface area contributed by atoms with E-state index in [1.165, 1.54) is 50.9 Å². The van der Waals surface area contributed by atoms with Crippen molar-refractivity contribution in [2.24, 2.45) is 5.92 Å². The van der Waals surface area contributed by atoms with E-state index in [1.54, 1.807) is 0 Å². The highest BCUT2D eigenvalue weighted by atomic mass is 15.2. The lowest BCUT2D eigenvalue weighted by Crippen LogP contribution is -2.47. The molecule has 0 spiro atoms. The van der Waals surface area contributed by atoms with Crippen molar-refractivity contribution in [3.05, 3.63) is 18.2 Å². The third-order valence-corrected chi connectivity index (χ3v) is 4.77. The topological polar surface area (TPSA) is 28.2 Å². The Balaban J connectivity index is 1.80. The molecule has 1 N–H and O–H groups in total. The molecule has 1 aliphatic carbocycles. The van der Waals surface area contributed by atoms with Gasteiger partial charge in [-0.05, 0) is 64.5 Å². The lowest BCUT2D eigenvalue weighted by molar-refractivity contribution is 0.243. The summed E-state index contributed by atoms with van der Waals surface area (Å²) in [5.74, 6) is 3.06. The number of anilines is 2. The highest BCUT2D eigenvalue weighted by Gasteiger charge is 2.33. The summed E-state index contributed by atoms with van der Waals surface area (Å²) in [5, 5.41) is 3.49. The molecule has 0 aromatic carbocycles. The van der Waals surface area contributed by atoms with Crippen LogP contribution in [0.25, 0.3) is 0 Å². The van der Waals surface area contributed by atoms with Crippen LogP contribution in [0.3, 0.4) is 0 Å². The zero-order valence-corrected chi connectivity index (χ0v) is 13.7. The lowest BCUT2D eigenvalue weighted by Gasteiger charge is -2.45. The van der Waals surface area contributed by atoms with Crippen molar-refractivity contribution in [1.29, 1.82) is 0 Å². The van der Waals surface area contributed by atoms with E-state index in [2.05, 4.69) is 49.2 Å². The van der Waals surface area contributed by atoms with E-state index in [9.17, 15) is 0 Å².